The van der Waals surface area contributed by atoms with Crippen LogP contribution < -0.4 is 4.74 Å². The molecule has 4 heteroatoms. The Hall–Kier alpha value is -2.28. The van der Waals surface area contributed by atoms with Crippen LogP contribution >= 0.6 is 0 Å². The molecule has 2 rings (SSSR count). The molecule has 0 radical (unpaired) electrons. The molecule has 1 aromatic carbocycles. The van der Waals surface area contributed by atoms with Crippen molar-refractivity contribution >= 4 is 0 Å². The quantitative estimate of drug-likeness (QED) is 0.869. The third-order valence-corrected chi connectivity index (χ3v) is 2.48. The molecule has 86 valence electrons. The number of rotatable bonds is 4. The topological polar surface area (TPSA) is 61.7 Å². The van der Waals surface area contributed by atoms with Gasteiger partial charge in [0.05, 0.1) is 19.6 Å². The molecule has 1 aromatic heterocycles. The highest BCUT2D eigenvalue weighted by Gasteiger charge is 2.02. The summed E-state index contributed by atoms with van der Waals surface area (Å²) in [5.74, 6) is 1.72. The first-order valence-corrected chi connectivity index (χ1v) is 5.34. The van der Waals surface area contributed by atoms with Gasteiger partial charge in [-0.05, 0) is 17.7 Å². The SMILES string of the molecule is COc1ccc(Cc2ncc(CC#N)[nH]2)cc1. The maximum absolute atomic E-state index is 8.56. The van der Waals surface area contributed by atoms with Crippen molar-refractivity contribution in [3.63, 3.8) is 0 Å². The highest BCUT2D eigenvalue weighted by molar-refractivity contribution is 5.29. The summed E-state index contributed by atoms with van der Waals surface area (Å²) in [6, 6.07) is 9.95. The number of H-pyrrole nitrogens is 1. The van der Waals surface area contributed by atoms with Crippen LogP contribution in [0.3, 0.4) is 0 Å². The minimum absolute atomic E-state index is 0.371. The number of aromatic amines is 1. The van der Waals surface area contributed by atoms with E-state index in [0.717, 1.165) is 29.3 Å². The van der Waals surface area contributed by atoms with Gasteiger partial charge < -0.3 is 9.72 Å². The Kier molecular flexibility index (Phi) is 3.41. The molecule has 1 heterocycles. The van der Waals surface area contributed by atoms with E-state index < -0.39 is 0 Å². The monoisotopic (exact) mass is 227 g/mol. The average molecular weight is 227 g/mol. The number of benzene rings is 1. The molecule has 4 nitrogen and oxygen atoms in total. The van der Waals surface area contributed by atoms with Gasteiger partial charge in [-0.2, -0.15) is 5.26 Å². The fourth-order valence-corrected chi connectivity index (χ4v) is 1.61. The Morgan fingerprint density at radius 2 is 2.12 bits per heavy atom. The van der Waals surface area contributed by atoms with Gasteiger partial charge in [-0.25, -0.2) is 4.98 Å². The summed E-state index contributed by atoms with van der Waals surface area (Å²) >= 11 is 0. The van der Waals surface area contributed by atoms with E-state index in [1.165, 1.54) is 0 Å². The van der Waals surface area contributed by atoms with Crippen LogP contribution in [0.15, 0.2) is 30.5 Å². The molecule has 2 aromatic rings. The molecule has 0 spiro atoms. The standard InChI is InChI=1S/C13H13N3O/c1-17-12-4-2-10(3-5-12)8-13-15-9-11(16-13)6-7-14/h2-5,9H,6,8H2,1H3,(H,15,16). The number of nitrogens with one attached hydrogen (secondary N) is 1. The van der Waals surface area contributed by atoms with Gasteiger partial charge in [0.2, 0.25) is 0 Å². The first-order chi connectivity index (χ1) is 8.31. The predicted octanol–water partition coefficient (Wildman–Crippen LogP) is 2.08. The molecule has 1 N–H and O–H groups in total. The van der Waals surface area contributed by atoms with Crippen LogP contribution in [0.1, 0.15) is 17.1 Å². The molecule has 0 saturated carbocycles. The minimum Gasteiger partial charge on any atom is -0.497 e. The Balaban J connectivity index is 2.06. The van der Waals surface area contributed by atoms with Crippen molar-refractivity contribution in [3.05, 3.63) is 47.5 Å². The van der Waals surface area contributed by atoms with Crippen molar-refractivity contribution < 1.29 is 4.74 Å². The molecular formula is C13H13N3O. The first-order valence-electron chi connectivity index (χ1n) is 5.34. The normalized spacial score (nSPS) is 9.88. The van der Waals surface area contributed by atoms with Crippen LogP contribution in [-0.4, -0.2) is 17.1 Å². The summed E-state index contributed by atoms with van der Waals surface area (Å²) in [6.07, 6.45) is 2.81. The van der Waals surface area contributed by atoms with Crippen molar-refractivity contribution in [1.29, 1.82) is 5.26 Å². The lowest BCUT2D eigenvalue weighted by molar-refractivity contribution is 0.414. The Morgan fingerprint density at radius 3 is 2.76 bits per heavy atom. The van der Waals surface area contributed by atoms with E-state index in [-0.39, 0.29) is 0 Å². The van der Waals surface area contributed by atoms with Crippen LogP contribution in [-0.2, 0) is 12.8 Å². The lowest BCUT2D eigenvalue weighted by Gasteiger charge is -2.01. The van der Waals surface area contributed by atoms with Crippen LogP contribution in [0.4, 0.5) is 0 Å². The zero-order valence-corrected chi connectivity index (χ0v) is 9.60. The van der Waals surface area contributed by atoms with E-state index in [1.54, 1.807) is 13.3 Å². The smallest absolute Gasteiger partial charge is 0.118 e. The third-order valence-electron chi connectivity index (χ3n) is 2.48. The second-order valence-corrected chi connectivity index (χ2v) is 3.71. The third kappa shape index (κ3) is 2.85. The molecule has 0 aliphatic rings. The molecule has 0 fully saturated rings. The molecule has 0 amide bonds. The number of methoxy groups -OCH3 is 1. The fraction of sp³-hybridized carbons (Fsp3) is 0.231. The van der Waals surface area contributed by atoms with Gasteiger partial charge in [-0.1, -0.05) is 12.1 Å². The highest BCUT2D eigenvalue weighted by Crippen LogP contribution is 2.13. The highest BCUT2D eigenvalue weighted by atomic mass is 16.5. The summed E-state index contributed by atoms with van der Waals surface area (Å²) in [7, 11) is 1.65. The second kappa shape index (κ2) is 5.17. The molecule has 0 aliphatic carbocycles. The zero-order valence-electron chi connectivity index (χ0n) is 9.60. The van der Waals surface area contributed by atoms with E-state index in [1.807, 2.05) is 24.3 Å². The van der Waals surface area contributed by atoms with Crippen LogP contribution in [0.2, 0.25) is 0 Å². The van der Waals surface area contributed by atoms with E-state index in [9.17, 15) is 0 Å². The maximum atomic E-state index is 8.56. The molecule has 17 heavy (non-hydrogen) atoms. The first kappa shape index (κ1) is 11.2. The maximum Gasteiger partial charge on any atom is 0.118 e. The van der Waals surface area contributed by atoms with Crippen molar-refractivity contribution in [2.75, 3.05) is 7.11 Å². The van der Waals surface area contributed by atoms with Gasteiger partial charge in [0.1, 0.15) is 11.6 Å². The average Bonchev–Trinajstić information content (AvgIpc) is 2.78. The van der Waals surface area contributed by atoms with Gasteiger partial charge in [-0.15, -0.1) is 0 Å². The summed E-state index contributed by atoms with van der Waals surface area (Å²) < 4.78 is 5.10. The molecule has 0 saturated heterocycles. The Labute approximate surface area is 99.9 Å². The van der Waals surface area contributed by atoms with E-state index in [4.69, 9.17) is 10.00 Å². The number of hydrogen-bond donors (Lipinski definition) is 1. The molecule has 0 atom stereocenters. The Bertz CT molecular complexity index is 522. The summed E-state index contributed by atoms with van der Waals surface area (Å²) in [5.41, 5.74) is 2.01. The molecule has 0 aliphatic heterocycles. The van der Waals surface area contributed by atoms with Gasteiger partial charge >= 0.3 is 0 Å². The van der Waals surface area contributed by atoms with E-state index in [2.05, 4.69) is 16.0 Å². The fourth-order valence-electron chi connectivity index (χ4n) is 1.61. The number of nitrogens with zero attached hydrogens (tertiary/aromatic N) is 2. The van der Waals surface area contributed by atoms with Crippen LogP contribution in [0.5, 0.6) is 5.75 Å². The number of imidazole rings is 1. The molecule has 0 unspecified atom stereocenters. The van der Waals surface area contributed by atoms with Crippen molar-refractivity contribution in [2.45, 2.75) is 12.8 Å². The van der Waals surface area contributed by atoms with Gasteiger partial charge in [0.15, 0.2) is 0 Å². The Morgan fingerprint density at radius 1 is 1.35 bits per heavy atom. The van der Waals surface area contributed by atoms with Gasteiger partial charge in [0.25, 0.3) is 0 Å². The van der Waals surface area contributed by atoms with Crippen LogP contribution in [0, 0.1) is 11.3 Å². The van der Waals surface area contributed by atoms with Gasteiger partial charge in [-0.3, -0.25) is 0 Å². The number of nitriles is 1. The van der Waals surface area contributed by atoms with Crippen molar-refractivity contribution in [3.8, 4) is 11.8 Å². The second-order valence-electron chi connectivity index (χ2n) is 3.71. The minimum atomic E-state index is 0.371. The zero-order chi connectivity index (χ0) is 12.1. The lowest BCUT2D eigenvalue weighted by atomic mass is 10.1. The van der Waals surface area contributed by atoms with Crippen molar-refractivity contribution in [1.82, 2.24) is 9.97 Å². The lowest BCUT2D eigenvalue weighted by Crippen LogP contribution is -1.91. The van der Waals surface area contributed by atoms with Crippen LogP contribution in [0.25, 0.3) is 0 Å². The number of aromatic nitrogens is 2. The summed E-state index contributed by atoms with van der Waals surface area (Å²) in [5, 5.41) is 8.56. The van der Waals surface area contributed by atoms with E-state index in [0.29, 0.717) is 6.42 Å². The largest absolute Gasteiger partial charge is 0.497 e. The van der Waals surface area contributed by atoms with Gasteiger partial charge in [0, 0.05) is 18.3 Å². The van der Waals surface area contributed by atoms with E-state index >= 15 is 0 Å². The number of hydrogen-bond acceptors (Lipinski definition) is 3. The predicted molar refractivity (Wildman–Crippen MR) is 63.7 cm³/mol. The summed E-state index contributed by atoms with van der Waals surface area (Å²) in [4.78, 5) is 7.36. The number of ether oxygens (including phenoxy) is 1. The summed E-state index contributed by atoms with van der Waals surface area (Å²) in [6.45, 7) is 0. The molecular weight excluding hydrogens is 214 g/mol. The van der Waals surface area contributed by atoms with Crippen molar-refractivity contribution in [2.24, 2.45) is 0 Å². The molecule has 0 bridgehead atoms.